The summed E-state index contributed by atoms with van der Waals surface area (Å²) in [6, 6.07) is 9.89. The first-order valence-corrected chi connectivity index (χ1v) is 11.3. The van der Waals surface area contributed by atoms with Gasteiger partial charge >= 0.3 is 0 Å². The molecule has 0 fully saturated rings. The molecule has 0 spiro atoms. The molecule has 1 amide bonds. The van der Waals surface area contributed by atoms with Crippen LogP contribution in [0.3, 0.4) is 0 Å². The monoisotopic (exact) mass is 451 g/mol. The summed E-state index contributed by atoms with van der Waals surface area (Å²) in [5, 5.41) is 0. The van der Waals surface area contributed by atoms with Crippen LogP contribution in [0.2, 0.25) is 0 Å². The van der Waals surface area contributed by atoms with Crippen molar-refractivity contribution < 1.29 is 14.3 Å². The Bertz CT molecular complexity index is 1190. The number of carbonyl (C=O) groups is 1. The minimum atomic E-state index is -0.460. The van der Waals surface area contributed by atoms with Crippen molar-refractivity contribution in [3.05, 3.63) is 41.6 Å². The maximum Gasteiger partial charge on any atom is 0.225 e. The smallest absolute Gasteiger partial charge is 0.225 e. The quantitative estimate of drug-likeness (QED) is 0.447. The highest BCUT2D eigenvalue weighted by Crippen LogP contribution is 2.45. The number of aryl methyl sites for hydroxylation is 2. The SMILES string of the molecule is COc1cccc(-c2nc3cc(C)cc(C)n3c2N(C(C)=O)C(C)(C)CC(C)(C)C)c1OC. The standard InChI is InChI=1S/C27H37N3O3/c1-17-14-18(2)29-22(15-17)28-23(20-12-11-13-21(32-9)24(20)33-10)25(29)30(19(3)31)27(7,8)16-26(4,5)6/h11-15H,16H2,1-10H3. The maximum absolute atomic E-state index is 13.3. The van der Waals surface area contributed by atoms with Crippen LogP contribution in [0, 0.1) is 19.3 Å². The second-order valence-corrected chi connectivity index (χ2v) is 10.6. The molecular formula is C27H37N3O3. The fourth-order valence-electron chi connectivity index (χ4n) is 5.21. The molecule has 6 heteroatoms. The highest BCUT2D eigenvalue weighted by molar-refractivity contribution is 5.98. The van der Waals surface area contributed by atoms with Crippen molar-refractivity contribution in [1.29, 1.82) is 0 Å². The molecule has 0 atom stereocenters. The van der Waals surface area contributed by atoms with Crippen LogP contribution in [0.5, 0.6) is 11.5 Å². The van der Waals surface area contributed by atoms with Gasteiger partial charge in [-0.15, -0.1) is 0 Å². The lowest BCUT2D eigenvalue weighted by atomic mass is 9.80. The number of pyridine rings is 1. The Morgan fingerprint density at radius 3 is 2.27 bits per heavy atom. The Balaban J connectivity index is 2.45. The van der Waals surface area contributed by atoms with Crippen LogP contribution in [0.25, 0.3) is 16.9 Å². The zero-order valence-electron chi connectivity index (χ0n) is 21.7. The van der Waals surface area contributed by atoms with Gasteiger partial charge in [0.25, 0.3) is 0 Å². The van der Waals surface area contributed by atoms with Gasteiger partial charge in [-0.25, -0.2) is 4.98 Å². The molecule has 0 N–H and O–H groups in total. The summed E-state index contributed by atoms with van der Waals surface area (Å²) >= 11 is 0. The van der Waals surface area contributed by atoms with Gasteiger partial charge in [-0.1, -0.05) is 26.8 Å². The second-order valence-electron chi connectivity index (χ2n) is 10.6. The van der Waals surface area contributed by atoms with Gasteiger partial charge in [0, 0.05) is 23.7 Å². The Labute approximate surface area is 197 Å². The molecule has 3 aromatic rings. The molecule has 2 heterocycles. The number of carbonyl (C=O) groups excluding carboxylic acids is 1. The minimum absolute atomic E-state index is 0.0249. The summed E-state index contributed by atoms with van der Waals surface area (Å²) < 4.78 is 13.4. The fourth-order valence-corrected chi connectivity index (χ4v) is 5.21. The van der Waals surface area contributed by atoms with Gasteiger partial charge in [-0.05, 0) is 69.4 Å². The average molecular weight is 452 g/mol. The van der Waals surface area contributed by atoms with Crippen LogP contribution in [0.15, 0.2) is 30.3 Å². The number of para-hydroxylation sites is 1. The predicted molar refractivity (Wildman–Crippen MR) is 135 cm³/mol. The zero-order valence-corrected chi connectivity index (χ0v) is 21.7. The molecule has 0 saturated carbocycles. The molecule has 0 bridgehead atoms. The van der Waals surface area contributed by atoms with E-state index >= 15 is 0 Å². The van der Waals surface area contributed by atoms with Gasteiger partial charge in [0.15, 0.2) is 11.5 Å². The Kier molecular flexibility index (Phi) is 6.51. The van der Waals surface area contributed by atoms with Crippen molar-refractivity contribution in [3.63, 3.8) is 0 Å². The van der Waals surface area contributed by atoms with E-state index in [1.807, 2.05) is 36.1 Å². The fraction of sp³-hybridized carbons (Fsp3) is 0.481. The molecule has 178 valence electrons. The molecule has 6 nitrogen and oxygen atoms in total. The number of benzene rings is 1. The van der Waals surface area contributed by atoms with E-state index in [0.717, 1.165) is 34.7 Å². The third-order valence-corrected chi connectivity index (χ3v) is 5.78. The number of hydrogen-bond donors (Lipinski definition) is 0. The zero-order chi connectivity index (χ0) is 24.7. The Morgan fingerprint density at radius 1 is 1.06 bits per heavy atom. The molecule has 2 aromatic heterocycles. The number of fused-ring (bicyclic) bond motifs is 1. The van der Waals surface area contributed by atoms with Crippen molar-refractivity contribution in [2.75, 3.05) is 19.1 Å². The Hall–Kier alpha value is -3.02. The minimum Gasteiger partial charge on any atom is -0.493 e. The topological polar surface area (TPSA) is 56.1 Å². The van der Waals surface area contributed by atoms with E-state index in [1.54, 1.807) is 21.1 Å². The average Bonchev–Trinajstić information content (AvgIpc) is 3.03. The first-order chi connectivity index (χ1) is 15.3. The maximum atomic E-state index is 13.3. The molecule has 0 aliphatic heterocycles. The molecule has 0 aliphatic rings. The van der Waals surface area contributed by atoms with E-state index in [9.17, 15) is 4.79 Å². The van der Waals surface area contributed by atoms with Gasteiger partial charge in [0.2, 0.25) is 5.91 Å². The van der Waals surface area contributed by atoms with Gasteiger partial charge in [-0.2, -0.15) is 0 Å². The summed E-state index contributed by atoms with van der Waals surface area (Å²) in [5.74, 6) is 1.93. The summed E-state index contributed by atoms with van der Waals surface area (Å²) in [4.78, 5) is 20.2. The van der Waals surface area contributed by atoms with E-state index in [-0.39, 0.29) is 11.3 Å². The van der Waals surface area contributed by atoms with E-state index < -0.39 is 5.54 Å². The highest BCUT2D eigenvalue weighted by Gasteiger charge is 2.38. The van der Waals surface area contributed by atoms with Gasteiger partial charge < -0.3 is 9.47 Å². The molecule has 0 unspecified atom stereocenters. The number of aromatic nitrogens is 2. The number of ether oxygens (including phenoxy) is 2. The third-order valence-electron chi connectivity index (χ3n) is 5.78. The largest absolute Gasteiger partial charge is 0.493 e. The predicted octanol–water partition coefficient (Wildman–Crippen LogP) is 6.20. The van der Waals surface area contributed by atoms with Crippen molar-refractivity contribution in [2.45, 2.75) is 67.3 Å². The molecule has 1 aromatic carbocycles. The number of hydrogen-bond acceptors (Lipinski definition) is 4. The number of methoxy groups -OCH3 is 2. The summed E-state index contributed by atoms with van der Waals surface area (Å²) in [6.45, 7) is 16.6. The van der Waals surface area contributed by atoms with Crippen molar-refractivity contribution >= 4 is 17.4 Å². The van der Waals surface area contributed by atoms with E-state index in [1.165, 1.54) is 0 Å². The number of anilines is 1. The lowest BCUT2D eigenvalue weighted by molar-refractivity contribution is -0.117. The van der Waals surface area contributed by atoms with Crippen LogP contribution in [0.1, 0.15) is 59.2 Å². The molecule has 0 radical (unpaired) electrons. The van der Waals surface area contributed by atoms with Gasteiger partial charge in [-0.3, -0.25) is 14.1 Å². The number of imidazole rings is 1. The molecular weight excluding hydrogens is 414 g/mol. The van der Waals surface area contributed by atoms with Crippen molar-refractivity contribution in [3.8, 4) is 22.8 Å². The van der Waals surface area contributed by atoms with Crippen LogP contribution >= 0.6 is 0 Å². The van der Waals surface area contributed by atoms with Crippen LogP contribution in [-0.4, -0.2) is 35.1 Å². The first-order valence-electron chi connectivity index (χ1n) is 11.3. The molecule has 0 aliphatic carbocycles. The van der Waals surface area contributed by atoms with E-state index in [4.69, 9.17) is 14.5 Å². The summed E-state index contributed by atoms with van der Waals surface area (Å²) in [5.41, 5.74) is 3.96. The Morgan fingerprint density at radius 2 is 1.73 bits per heavy atom. The lowest BCUT2D eigenvalue weighted by Gasteiger charge is -2.42. The number of rotatable bonds is 6. The van der Waals surface area contributed by atoms with Crippen LogP contribution in [0.4, 0.5) is 5.82 Å². The third kappa shape index (κ3) is 4.70. The second kappa shape index (κ2) is 8.73. The van der Waals surface area contributed by atoms with E-state index in [2.05, 4.69) is 52.0 Å². The van der Waals surface area contributed by atoms with Gasteiger partial charge in [0.05, 0.1) is 14.2 Å². The molecule has 33 heavy (non-hydrogen) atoms. The normalized spacial score (nSPS) is 12.2. The van der Waals surface area contributed by atoms with Crippen molar-refractivity contribution in [1.82, 2.24) is 9.38 Å². The van der Waals surface area contributed by atoms with Crippen LogP contribution < -0.4 is 14.4 Å². The summed E-state index contributed by atoms with van der Waals surface area (Å²) in [7, 11) is 3.24. The van der Waals surface area contributed by atoms with Crippen LogP contribution in [-0.2, 0) is 4.79 Å². The van der Waals surface area contributed by atoms with Gasteiger partial charge in [0.1, 0.15) is 17.2 Å². The first kappa shape index (κ1) is 24.6. The molecule has 3 rings (SSSR count). The molecule has 0 saturated heterocycles. The van der Waals surface area contributed by atoms with Crippen molar-refractivity contribution in [2.24, 2.45) is 5.41 Å². The number of amides is 1. The lowest BCUT2D eigenvalue weighted by Crippen LogP contribution is -2.50. The summed E-state index contributed by atoms with van der Waals surface area (Å²) in [6.07, 6.45) is 0.812. The highest BCUT2D eigenvalue weighted by atomic mass is 16.5. The van der Waals surface area contributed by atoms with E-state index in [0.29, 0.717) is 17.2 Å². The number of nitrogens with zero attached hydrogens (tertiary/aromatic N) is 3.